The van der Waals surface area contributed by atoms with Crippen LogP contribution in [0.1, 0.15) is 5.56 Å². The molecule has 148 valence electrons. The van der Waals surface area contributed by atoms with E-state index in [1.165, 1.54) is 6.08 Å². The van der Waals surface area contributed by atoms with Gasteiger partial charge >= 0.3 is 0 Å². The number of para-hydroxylation sites is 2. The molecule has 1 fully saturated rings. The highest BCUT2D eigenvalue weighted by Crippen LogP contribution is 2.35. The normalized spacial score (nSPS) is 14.2. The minimum atomic E-state index is -0.262. The van der Waals surface area contributed by atoms with Gasteiger partial charge in [-0.3, -0.25) is 4.79 Å². The van der Waals surface area contributed by atoms with Gasteiger partial charge in [0.2, 0.25) is 5.91 Å². The molecule has 2 aromatic rings. The Morgan fingerprint density at radius 2 is 1.89 bits per heavy atom. The molecule has 2 aromatic carbocycles. The highest BCUT2D eigenvalue weighted by atomic mass is 35.5. The van der Waals surface area contributed by atoms with E-state index in [0.29, 0.717) is 35.4 Å². The predicted molar refractivity (Wildman–Crippen MR) is 112 cm³/mol. The van der Waals surface area contributed by atoms with Gasteiger partial charge in [0.1, 0.15) is 0 Å². The Morgan fingerprint density at radius 1 is 1.14 bits per heavy atom. The van der Waals surface area contributed by atoms with Crippen molar-refractivity contribution in [3.8, 4) is 11.5 Å². The minimum absolute atomic E-state index is 0.262. The highest BCUT2D eigenvalue weighted by molar-refractivity contribution is 6.34. The van der Waals surface area contributed by atoms with Crippen LogP contribution >= 0.6 is 11.6 Å². The zero-order chi connectivity index (χ0) is 19.9. The quantitative estimate of drug-likeness (QED) is 0.744. The van der Waals surface area contributed by atoms with Gasteiger partial charge in [-0.15, -0.1) is 0 Å². The van der Waals surface area contributed by atoms with Gasteiger partial charge in [-0.1, -0.05) is 29.8 Å². The van der Waals surface area contributed by atoms with Gasteiger partial charge in [0.15, 0.2) is 11.5 Å². The zero-order valence-corrected chi connectivity index (χ0v) is 16.7. The molecule has 1 heterocycles. The Labute approximate surface area is 169 Å². The molecule has 1 amide bonds. The SMILES string of the molecule is COc1cccc(/C=C/C(=O)Nc2cccc(Cl)c2N2CCOCC2)c1OC. The van der Waals surface area contributed by atoms with Gasteiger partial charge in [-0.05, 0) is 24.3 Å². The topological polar surface area (TPSA) is 60.0 Å². The molecule has 3 rings (SSSR count). The van der Waals surface area contributed by atoms with Crippen molar-refractivity contribution in [2.75, 3.05) is 50.7 Å². The average molecular weight is 403 g/mol. The fourth-order valence-corrected chi connectivity index (χ4v) is 3.40. The molecule has 1 aliphatic heterocycles. The molecular weight excluding hydrogens is 380 g/mol. The molecule has 1 saturated heterocycles. The van der Waals surface area contributed by atoms with Gasteiger partial charge in [0.25, 0.3) is 0 Å². The number of anilines is 2. The second-order valence-corrected chi connectivity index (χ2v) is 6.55. The zero-order valence-electron chi connectivity index (χ0n) is 15.9. The number of methoxy groups -OCH3 is 2. The average Bonchev–Trinajstić information content (AvgIpc) is 2.72. The van der Waals surface area contributed by atoms with Crippen LogP contribution in [0.2, 0.25) is 5.02 Å². The summed E-state index contributed by atoms with van der Waals surface area (Å²) in [6.45, 7) is 2.72. The lowest BCUT2D eigenvalue weighted by Gasteiger charge is -2.31. The monoisotopic (exact) mass is 402 g/mol. The number of ether oxygens (including phenoxy) is 3. The standard InChI is InChI=1S/C21H23ClN2O4/c1-26-18-8-3-5-15(21(18)27-2)9-10-19(25)23-17-7-4-6-16(22)20(17)24-11-13-28-14-12-24/h3-10H,11-14H2,1-2H3,(H,23,25)/b10-9+. The predicted octanol–water partition coefficient (Wildman–Crippen LogP) is 3.85. The fraction of sp³-hybridized carbons (Fsp3) is 0.286. The maximum atomic E-state index is 12.5. The molecule has 0 saturated carbocycles. The van der Waals surface area contributed by atoms with Crippen molar-refractivity contribution in [2.24, 2.45) is 0 Å². The van der Waals surface area contributed by atoms with E-state index in [-0.39, 0.29) is 5.91 Å². The largest absolute Gasteiger partial charge is 0.493 e. The molecule has 1 aliphatic rings. The van der Waals surface area contributed by atoms with Crippen molar-refractivity contribution in [1.82, 2.24) is 0 Å². The number of hydrogen-bond donors (Lipinski definition) is 1. The van der Waals surface area contributed by atoms with Crippen molar-refractivity contribution >= 4 is 35.0 Å². The van der Waals surface area contributed by atoms with Crippen LogP contribution in [-0.4, -0.2) is 46.4 Å². The van der Waals surface area contributed by atoms with E-state index >= 15 is 0 Å². The van der Waals surface area contributed by atoms with E-state index in [1.807, 2.05) is 30.3 Å². The lowest BCUT2D eigenvalue weighted by molar-refractivity contribution is -0.111. The summed E-state index contributed by atoms with van der Waals surface area (Å²) in [5, 5.41) is 3.52. The smallest absolute Gasteiger partial charge is 0.248 e. The molecule has 6 nitrogen and oxygen atoms in total. The first-order valence-electron chi connectivity index (χ1n) is 8.95. The third kappa shape index (κ3) is 4.58. The number of amides is 1. The van der Waals surface area contributed by atoms with Crippen LogP contribution in [0, 0.1) is 0 Å². The van der Waals surface area contributed by atoms with Gasteiger partial charge < -0.3 is 24.4 Å². The summed E-state index contributed by atoms with van der Waals surface area (Å²) in [6, 6.07) is 11.0. The second kappa shape index (κ2) is 9.48. The molecule has 1 N–H and O–H groups in total. The Morgan fingerprint density at radius 3 is 2.61 bits per heavy atom. The van der Waals surface area contributed by atoms with Crippen molar-refractivity contribution in [1.29, 1.82) is 0 Å². The molecule has 0 spiro atoms. The number of rotatable bonds is 6. The van der Waals surface area contributed by atoms with E-state index in [4.69, 9.17) is 25.8 Å². The fourth-order valence-electron chi connectivity index (χ4n) is 3.11. The first kappa shape index (κ1) is 20.0. The number of nitrogens with zero attached hydrogens (tertiary/aromatic N) is 1. The van der Waals surface area contributed by atoms with Crippen LogP contribution in [0.5, 0.6) is 11.5 Å². The Bertz CT molecular complexity index is 863. The summed E-state index contributed by atoms with van der Waals surface area (Å²) in [6.07, 6.45) is 3.15. The summed E-state index contributed by atoms with van der Waals surface area (Å²) < 4.78 is 16.1. The summed E-state index contributed by atoms with van der Waals surface area (Å²) in [4.78, 5) is 14.7. The summed E-state index contributed by atoms with van der Waals surface area (Å²) in [5.41, 5.74) is 2.23. The Kier molecular flexibility index (Phi) is 6.79. The van der Waals surface area contributed by atoms with Crippen molar-refractivity contribution in [3.63, 3.8) is 0 Å². The molecular formula is C21H23ClN2O4. The maximum Gasteiger partial charge on any atom is 0.248 e. The molecule has 28 heavy (non-hydrogen) atoms. The number of carbonyl (C=O) groups is 1. The van der Waals surface area contributed by atoms with Crippen LogP contribution in [0.15, 0.2) is 42.5 Å². The number of hydrogen-bond acceptors (Lipinski definition) is 5. The third-order valence-electron chi connectivity index (χ3n) is 4.42. The van der Waals surface area contributed by atoms with Gasteiger partial charge in [-0.25, -0.2) is 0 Å². The third-order valence-corrected chi connectivity index (χ3v) is 4.72. The van der Waals surface area contributed by atoms with Crippen molar-refractivity contribution in [2.45, 2.75) is 0 Å². The lowest BCUT2D eigenvalue weighted by Crippen LogP contribution is -2.37. The molecule has 0 radical (unpaired) electrons. The number of morpholine rings is 1. The summed E-state index contributed by atoms with van der Waals surface area (Å²) in [7, 11) is 3.14. The molecule has 0 aliphatic carbocycles. The number of benzene rings is 2. The van der Waals surface area contributed by atoms with Crippen LogP contribution in [0.3, 0.4) is 0 Å². The van der Waals surface area contributed by atoms with Gasteiger partial charge in [0.05, 0.1) is 43.8 Å². The lowest BCUT2D eigenvalue weighted by atomic mass is 10.1. The van der Waals surface area contributed by atoms with Crippen LogP contribution in [-0.2, 0) is 9.53 Å². The summed E-state index contributed by atoms with van der Waals surface area (Å²) >= 11 is 6.41. The Balaban J connectivity index is 1.79. The van der Waals surface area contributed by atoms with Crippen LogP contribution < -0.4 is 19.7 Å². The molecule has 0 bridgehead atoms. The van der Waals surface area contributed by atoms with Gasteiger partial charge in [0, 0.05) is 24.7 Å². The number of carbonyl (C=O) groups excluding carboxylic acids is 1. The van der Waals surface area contributed by atoms with Crippen molar-refractivity contribution in [3.05, 3.63) is 53.1 Å². The van der Waals surface area contributed by atoms with E-state index < -0.39 is 0 Å². The van der Waals surface area contributed by atoms with Crippen LogP contribution in [0.25, 0.3) is 6.08 Å². The summed E-state index contributed by atoms with van der Waals surface area (Å²) in [5.74, 6) is 0.918. The highest BCUT2D eigenvalue weighted by Gasteiger charge is 2.18. The maximum absolute atomic E-state index is 12.5. The molecule has 0 atom stereocenters. The van der Waals surface area contributed by atoms with E-state index in [0.717, 1.165) is 24.3 Å². The first-order valence-corrected chi connectivity index (χ1v) is 9.33. The number of nitrogens with one attached hydrogen (secondary N) is 1. The molecule has 7 heteroatoms. The molecule has 0 aromatic heterocycles. The van der Waals surface area contributed by atoms with E-state index in [2.05, 4.69) is 10.2 Å². The molecule has 0 unspecified atom stereocenters. The van der Waals surface area contributed by atoms with Crippen molar-refractivity contribution < 1.29 is 19.0 Å². The van der Waals surface area contributed by atoms with Crippen LogP contribution in [0.4, 0.5) is 11.4 Å². The van der Waals surface area contributed by atoms with E-state index in [1.54, 1.807) is 26.4 Å². The minimum Gasteiger partial charge on any atom is -0.493 e. The number of halogens is 1. The Hall–Kier alpha value is -2.70. The second-order valence-electron chi connectivity index (χ2n) is 6.14. The first-order chi connectivity index (χ1) is 13.6. The van der Waals surface area contributed by atoms with E-state index in [9.17, 15) is 4.79 Å². The van der Waals surface area contributed by atoms with Gasteiger partial charge in [-0.2, -0.15) is 0 Å².